The van der Waals surface area contributed by atoms with Gasteiger partial charge in [0.25, 0.3) is 0 Å². The first-order valence-electron chi connectivity index (χ1n) is 6.44. The molecule has 3 rings (SSSR count). The van der Waals surface area contributed by atoms with Crippen LogP contribution in [0.2, 0.25) is 5.02 Å². The second-order valence-corrected chi connectivity index (χ2v) is 7.17. The molecule has 0 fully saturated rings. The molecule has 1 atom stereocenters. The Morgan fingerprint density at radius 3 is 3.05 bits per heavy atom. The number of halogens is 2. The van der Waals surface area contributed by atoms with Gasteiger partial charge in [-0.3, -0.25) is 0 Å². The molecule has 0 aliphatic carbocycles. The van der Waals surface area contributed by atoms with Crippen LogP contribution in [0.4, 0.5) is 5.69 Å². The first-order valence-corrected chi connectivity index (χ1v) is 8.60. The molecule has 1 unspecified atom stereocenters. The highest BCUT2D eigenvalue weighted by atomic mass is 79.9. The summed E-state index contributed by atoms with van der Waals surface area (Å²) in [5.74, 6) is 1.12. The Labute approximate surface area is 136 Å². The van der Waals surface area contributed by atoms with Gasteiger partial charge in [0, 0.05) is 15.7 Å². The van der Waals surface area contributed by atoms with E-state index in [2.05, 4.69) is 44.4 Å². The van der Waals surface area contributed by atoms with Crippen LogP contribution in [0.15, 0.2) is 40.0 Å². The van der Waals surface area contributed by atoms with E-state index < -0.39 is 0 Å². The Hall–Kier alpha value is -0.710. The topological polar surface area (TPSA) is 24.9 Å². The zero-order valence-electron chi connectivity index (χ0n) is 11.0. The summed E-state index contributed by atoms with van der Waals surface area (Å²) in [5, 5.41) is 4.37. The second kappa shape index (κ2) is 5.96. The van der Waals surface area contributed by atoms with Crippen molar-refractivity contribution >= 4 is 45.0 Å². The van der Waals surface area contributed by atoms with Gasteiger partial charge < -0.3 is 5.32 Å². The number of benzene rings is 1. The van der Waals surface area contributed by atoms with Crippen molar-refractivity contribution in [1.82, 2.24) is 4.98 Å². The van der Waals surface area contributed by atoms with E-state index in [0.29, 0.717) is 6.04 Å². The van der Waals surface area contributed by atoms with Crippen molar-refractivity contribution in [1.29, 1.82) is 0 Å². The van der Waals surface area contributed by atoms with Crippen LogP contribution >= 0.6 is 39.3 Å². The number of fused-ring (bicyclic) bond motifs is 1. The van der Waals surface area contributed by atoms with E-state index in [1.54, 1.807) is 0 Å². The Morgan fingerprint density at radius 1 is 1.40 bits per heavy atom. The van der Waals surface area contributed by atoms with Gasteiger partial charge in [-0.15, -0.1) is 11.8 Å². The third-order valence-corrected chi connectivity index (χ3v) is 5.55. The lowest BCUT2D eigenvalue weighted by atomic mass is 10.0. The largest absolute Gasteiger partial charge is 0.377 e. The summed E-state index contributed by atoms with van der Waals surface area (Å²) in [4.78, 5) is 5.66. The average Bonchev–Trinajstić information content (AvgIpc) is 2.44. The van der Waals surface area contributed by atoms with Crippen molar-refractivity contribution in [3.8, 4) is 0 Å². The van der Waals surface area contributed by atoms with E-state index in [0.717, 1.165) is 33.1 Å². The van der Waals surface area contributed by atoms with Gasteiger partial charge in [0.1, 0.15) is 4.60 Å². The molecule has 0 bridgehead atoms. The molecule has 1 aromatic heterocycles. The SMILES string of the molecule is Cc1cc(NC2CCSc3ccc(Cl)cc32)cnc1Br. The summed E-state index contributed by atoms with van der Waals surface area (Å²) in [6, 6.07) is 8.55. The highest BCUT2D eigenvalue weighted by Gasteiger charge is 2.21. The highest BCUT2D eigenvalue weighted by molar-refractivity contribution is 9.10. The number of nitrogens with zero attached hydrogens (tertiary/aromatic N) is 1. The van der Waals surface area contributed by atoms with Crippen LogP contribution in [-0.2, 0) is 0 Å². The number of rotatable bonds is 2. The third-order valence-electron chi connectivity index (χ3n) is 3.37. The molecule has 0 saturated carbocycles. The molecule has 2 nitrogen and oxygen atoms in total. The number of aromatic nitrogens is 1. The summed E-state index contributed by atoms with van der Waals surface area (Å²) in [6.07, 6.45) is 2.95. The molecule has 104 valence electrons. The lowest BCUT2D eigenvalue weighted by Gasteiger charge is -2.27. The van der Waals surface area contributed by atoms with E-state index in [4.69, 9.17) is 11.6 Å². The van der Waals surface area contributed by atoms with Gasteiger partial charge >= 0.3 is 0 Å². The molecule has 0 radical (unpaired) electrons. The van der Waals surface area contributed by atoms with E-state index in [1.165, 1.54) is 10.5 Å². The number of hydrogen-bond donors (Lipinski definition) is 1. The Morgan fingerprint density at radius 2 is 2.25 bits per heavy atom. The molecular formula is C15H14BrClN2S. The van der Waals surface area contributed by atoms with Crippen molar-refractivity contribution in [2.75, 3.05) is 11.1 Å². The minimum absolute atomic E-state index is 0.298. The Balaban J connectivity index is 1.89. The van der Waals surface area contributed by atoms with Crippen LogP contribution in [0.25, 0.3) is 0 Å². The second-order valence-electron chi connectivity index (χ2n) is 4.85. The van der Waals surface area contributed by atoms with Gasteiger partial charge in [-0.25, -0.2) is 4.98 Å². The maximum absolute atomic E-state index is 6.14. The molecule has 0 amide bonds. The fraction of sp³-hybridized carbons (Fsp3) is 0.267. The van der Waals surface area contributed by atoms with Gasteiger partial charge in [0.2, 0.25) is 0 Å². The van der Waals surface area contributed by atoms with Gasteiger partial charge in [0.05, 0.1) is 17.9 Å². The highest BCUT2D eigenvalue weighted by Crippen LogP contribution is 2.39. The minimum atomic E-state index is 0.298. The Kier molecular flexibility index (Phi) is 4.24. The quantitative estimate of drug-likeness (QED) is 0.712. The monoisotopic (exact) mass is 368 g/mol. The third kappa shape index (κ3) is 2.97. The molecule has 0 saturated heterocycles. The van der Waals surface area contributed by atoms with Gasteiger partial charge in [0.15, 0.2) is 0 Å². The predicted molar refractivity (Wildman–Crippen MR) is 89.8 cm³/mol. The number of pyridine rings is 1. The van der Waals surface area contributed by atoms with E-state index in [9.17, 15) is 0 Å². The molecule has 1 aliphatic rings. The fourth-order valence-electron chi connectivity index (χ4n) is 2.35. The van der Waals surface area contributed by atoms with Gasteiger partial charge in [-0.2, -0.15) is 0 Å². The van der Waals surface area contributed by atoms with Crippen molar-refractivity contribution in [3.05, 3.63) is 51.2 Å². The van der Waals surface area contributed by atoms with Crippen molar-refractivity contribution in [2.45, 2.75) is 24.3 Å². The minimum Gasteiger partial charge on any atom is -0.377 e. The number of hydrogen-bond acceptors (Lipinski definition) is 3. The molecule has 5 heteroatoms. The standard InChI is InChI=1S/C15H14BrClN2S/c1-9-6-11(8-18-15(9)16)19-13-4-5-20-14-3-2-10(17)7-12(13)14/h2-3,6-8,13,19H,4-5H2,1H3. The summed E-state index contributed by atoms with van der Waals surface area (Å²) < 4.78 is 0.894. The maximum Gasteiger partial charge on any atom is 0.109 e. The molecule has 1 aromatic carbocycles. The number of aryl methyl sites for hydroxylation is 1. The molecule has 20 heavy (non-hydrogen) atoms. The van der Waals surface area contributed by atoms with Crippen LogP contribution < -0.4 is 5.32 Å². The first-order chi connectivity index (χ1) is 9.63. The number of anilines is 1. The van der Waals surface area contributed by atoms with Crippen molar-refractivity contribution < 1.29 is 0 Å². The lowest BCUT2D eigenvalue weighted by Crippen LogP contribution is -2.16. The first kappa shape index (κ1) is 14.2. The molecule has 1 aliphatic heterocycles. The fourth-order valence-corrected chi connectivity index (χ4v) is 3.86. The lowest BCUT2D eigenvalue weighted by molar-refractivity contribution is 0.728. The van der Waals surface area contributed by atoms with Crippen LogP contribution in [0.5, 0.6) is 0 Å². The van der Waals surface area contributed by atoms with Gasteiger partial charge in [-0.05, 0) is 64.7 Å². The molecule has 1 N–H and O–H groups in total. The van der Waals surface area contributed by atoms with Crippen LogP contribution in [0.3, 0.4) is 0 Å². The number of nitrogens with one attached hydrogen (secondary N) is 1. The number of thioether (sulfide) groups is 1. The summed E-state index contributed by atoms with van der Waals surface area (Å²) in [6.45, 7) is 2.05. The summed E-state index contributed by atoms with van der Waals surface area (Å²) >= 11 is 11.5. The molecule has 2 heterocycles. The van der Waals surface area contributed by atoms with E-state index in [1.807, 2.05) is 30.9 Å². The van der Waals surface area contributed by atoms with E-state index in [-0.39, 0.29) is 0 Å². The zero-order chi connectivity index (χ0) is 14.1. The summed E-state index contributed by atoms with van der Waals surface area (Å²) in [7, 11) is 0. The molecular weight excluding hydrogens is 356 g/mol. The zero-order valence-corrected chi connectivity index (χ0v) is 14.1. The van der Waals surface area contributed by atoms with Crippen molar-refractivity contribution in [3.63, 3.8) is 0 Å². The summed E-state index contributed by atoms with van der Waals surface area (Å²) in [5.41, 5.74) is 3.47. The smallest absolute Gasteiger partial charge is 0.109 e. The normalized spacial score (nSPS) is 17.6. The van der Waals surface area contributed by atoms with E-state index >= 15 is 0 Å². The molecule has 0 spiro atoms. The van der Waals surface area contributed by atoms with Crippen LogP contribution in [0, 0.1) is 6.92 Å². The van der Waals surface area contributed by atoms with Crippen LogP contribution in [-0.4, -0.2) is 10.7 Å². The average molecular weight is 370 g/mol. The maximum atomic E-state index is 6.14. The van der Waals surface area contributed by atoms with Crippen molar-refractivity contribution in [2.24, 2.45) is 0 Å². The van der Waals surface area contributed by atoms with Gasteiger partial charge in [-0.1, -0.05) is 11.6 Å². The molecule has 2 aromatic rings. The van der Waals surface area contributed by atoms with Crippen LogP contribution in [0.1, 0.15) is 23.6 Å². The Bertz CT molecular complexity index is 648. The predicted octanol–water partition coefficient (Wildman–Crippen LogP) is 5.45.